The van der Waals surface area contributed by atoms with Crippen molar-refractivity contribution in [1.29, 1.82) is 0 Å². The molecule has 1 aliphatic rings. The lowest BCUT2D eigenvalue weighted by Gasteiger charge is -2.27. The Labute approximate surface area is 644 Å². The monoisotopic (exact) mass is 1490 g/mol. The van der Waals surface area contributed by atoms with Crippen LogP contribution in [0.3, 0.4) is 0 Å². The van der Waals surface area contributed by atoms with Crippen molar-refractivity contribution in [3.63, 3.8) is 0 Å². The fraction of sp³-hybridized carbons (Fsp3) is 0.157. The molecule has 110 heavy (non-hydrogen) atoms. The van der Waals surface area contributed by atoms with E-state index in [1.807, 2.05) is 170 Å². The lowest BCUT2D eigenvalue weighted by molar-refractivity contribution is -0.121. The van der Waals surface area contributed by atoms with Crippen molar-refractivity contribution in [3.8, 4) is 0 Å². The van der Waals surface area contributed by atoms with E-state index in [9.17, 15) is 47.5 Å². The topological polar surface area (TPSA) is 262 Å². The molecular weight excluding hydrogens is 1410 g/mol. The van der Waals surface area contributed by atoms with Gasteiger partial charge in [-0.3, -0.25) is 43.2 Å². The number of benzene rings is 11. The molecule has 21 heteroatoms. The van der Waals surface area contributed by atoms with Crippen molar-refractivity contribution in [1.82, 2.24) is 26.2 Å². The number of amides is 9. The lowest BCUT2D eigenvalue weighted by atomic mass is 10.0. The molecule has 11 aromatic carbocycles. The van der Waals surface area contributed by atoms with Crippen molar-refractivity contribution in [2.75, 3.05) is 47.6 Å². The minimum absolute atomic E-state index is 0.0193. The first-order valence-corrected chi connectivity index (χ1v) is 36.1. The molecule has 0 saturated carbocycles. The van der Waals surface area contributed by atoms with Gasteiger partial charge in [0, 0.05) is 84.6 Å². The third-order valence-corrected chi connectivity index (χ3v) is 17.1. The predicted molar refractivity (Wildman–Crippen MR) is 428 cm³/mol. The Hall–Kier alpha value is -13.2. The van der Waals surface area contributed by atoms with E-state index in [4.69, 9.17) is 16.3 Å². The van der Waals surface area contributed by atoms with Gasteiger partial charge in [-0.05, 0) is 142 Å². The van der Waals surface area contributed by atoms with E-state index in [1.54, 1.807) is 115 Å². The molecule has 0 unspecified atom stereocenters. The van der Waals surface area contributed by atoms with Crippen LogP contribution in [0, 0.1) is 5.82 Å². The second-order valence-corrected chi connectivity index (χ2v) is 25.7. The Balaban J connectivity index is 0.000000171. The second-order valence-electron chi connectivity index (χ2n) is 25.3. The molecule has 0 radical (unpaired) electrons. The van der Waals surface area contributed by atoms with Gasteiger partial charge in [0.1, 0.15) is 5.82 Å². The number of ether oxygens (including phenoxy) is 1. The first-order valence-electron chi connectivity index (χ1n) is 35.8. The molecule has 1 aliphatic heterocycles. The maximum absolute atomic E-state index is 13.2. The number of rotatable bonds is 25. The van der Waals surface area contributed by atoms with E-state index in [1.165, 1.54) is 18.2 Å². The summed E-state index contributed by atoms with van der Waals surface area (Å²) in [6.07, 6.45) is 1.57. The summed E-state index contributed by atoms with van der Waals surface area (Å²) in [6.45, 7) is 5.83. The largest absolute Gasteiger partial charge is 0.378 e. The number of carbonyl (C=O) groups is 9. The zero-order chi connectivity index (χ0) is 77.7. The van der Waals surface area contributed by atoms with E-state index in [-0.39, 0.29) is 78.0 Å². The molecule has 8 N–H and O–H groups in total. The number of carbonyl (C=O) groups excluding carboxylic acids is 9. The molecule has 0 aromatic heterocycles. The highest BCUT2D eigenvalue weighted by molar-refractivity contribution is 6.31. The summed E-state index contributed by atoms with van der Waals surface area (Å²) in [5.41, 5.74) is 11.7. The van der Waals surface area contributed by atoms with Crippen LogP contribution in [0.2, 0.25) is 5.02 Å². The van der Waals surface area contributed by atoms with E-state index in [0.717, 1.165) is 50.2 Å². The number of nitrogens with one attached hydrogen (secondary N) is 8. The SMILES string of the molecule is CCC(=O)Nc1ccc(CC(=O)NCc2ccccc2)cc1.O=C(Cc1ccc(NC(=O)c2cccc(Cl)c2)cc1)NCc1ccccc1.O=C(Cc1ccc(NC(=O)c2cccc(F)c2)cc1)NCc1ccccc1.O=C(Cc1ccc(NC(=O)c2ccccc2C(=O)N2CCOCC2)cc1)NCc1ccccc1. The van der Waals surface area contributed by atoms with Crippen molar-refractivity contribution in [3.05, 3.63) is 369 Å². The molecule has 0 spiro atoms. The maximum atomic E-state index is 13.2. The molecule has 1 fully saturated rings. The van der Waals surface area contributed by atoms with Crippen molar-refractivity contribution < 1.29 is 52.3 Å². The summed E-state index contributed by atoms with van der Waals surface area (Å²) in [4.78, 5) is 111. The van der Waals surface area contributed by atoms with E-state index in [2.05, 4.69) is 42.5 Å². The molecular formula is C89H85ClFN9O10. The maximum Gasteiger partial charge on any atom is 0.256 e. The standard InChI is InChI=1S/C27H27N3O4.C22H19ClN2O2.C22H19FN2O2.C18H20N2O2/c31-25(28-19-21-6-2-1-3-7-21)18-20-10-12-22(13-11-20)29-26(32)23-8-4-5-9-24(23)27(33)30-14-16-34-17-15-30;2*23-19-8-4-7-18(14-19)22(27)25-20-11-9-16(10-12-20)13-21(26)24-15-17-5-2-1-3-6-17;1-2-17(21)20-16-10-8-14(9-11-16)12-18(22)19-13-15-6-4-3-5-7-15/h1-13H,14-19H2,(H,28,31)(H,29,32);2*1-12,14H,13,15H2,(H,24,26)(H,25,27);3-11H,2,12-13H2,1H3,(H,19,22)(H,20,21). The third-order valence-electron chi connectivity index (χ3n) is 16.9. The fourth-order valence-corrected chi connectivity index (χ4v) is 11.1. The zero-order valence-corrected chi connectivity index (χ0v) is 61.4. The number of halogens is 2. The first kappa shape index (κ1) is 80.9. The molecule has 9 amide bonds. The average Bonchev–Trinajstić information content (AvgIpc) is 0.822. The van der Waals surface area contributed by atoms with Crippen molar-refractivity contribution >= 4 is 87.5 Å². The highest BCUT2D eigenvalue weighted by atomic mass is 35.5. The number of anilines is 4. The molecule has 12 rings (SSSR count). The third kappa shape index (κ3) is 28.3. The van der Waals surface area contributed by atoms with E-state index in [0.29, 0.717) is 104 Å². The summed E-state index contributed by atoms with van der Waals surface area (Å²) in [6, 6.07) is 86.8. The predicted octanol–water partition coefficient (Wildman–Crippen LogP) is 14.6. The van der Waals surface area contributed by atoms with Gasteiger partial charge in [0.25, 0.3) is 23.6 Å². The summed E-state index contributed by atoms with van der Waals surface area (Å²) >= 11 is 5.91. The smallest absolute Gasteiger partial charge is 0.256 e. The normalized spacial score (nSPS) is 11.1. The summed E-state index contributed by atoms with van der Waals surface area (Å²) in [5.74, 6) is -1.84. The minimum atomic E-state index is -0.459. The quantitative estimate of drug-likeness (QED) is 0.0268. The Morgan fingerprint density at radius 1 is 0.336 bits per heavy atom. The van der Waals surface area contributed by atoms with Gasteiger partial charge in [-0.1, -0.05) is 213 Å². The molecule has 1 heterocycles. The van der Waals surface area contributed by atoms with Gasteiger partial charge in [-0.2, -0.15) is 0 Å². The van der Waals surface area contributed by atoms with Crippen molar-refractivity contribution in [2.24, 2.45) is 0 Å². The molecule has 0 bridgehead atoms. The summed E-state index contributed by atoms with van der Waals surface area (Å²) in [5, 5.41) is 23.2. The van der Waals surface area contributed by atoms with Gasteiger partial charge < -0.3 is 52.2 Å². The number of hydrogen-bond acceptors (Lipinski definition) is 10. The summed E-state index contributed by atoms with van der Waals surface area (Å²) < 4.78 is 18.5. The Morgan fingerprint density at radius 3 is 1.00 bits per heavy atom. The Kier molecular flexibility index (Phi) is 32.0. The number of morpholine rings is 1. The Bertz CT molecular complexity index is 4670. The second kappa shape index (κ2) is 43.5. The lowest BCUT2D eigenvalue weighted by Crippen LogP contribution is -2.41. The first-order chi connectivity index (χ1) is 53.5. The van der Waals surface area contributed by atoms with Crippen LogP contribution in [0.1, 0.15) is 99.3 Å². The molecule has 0 atom stereocenters. The molecule has 19 nitrogen and oxygen atoms in total. The minimum Gasteiger partial charge on any atom is -0.378 e. The van der Waals surface area contributed by atoms with Crippen LogP contribution >= 0.6 is 11.6 Å². The van der Waals surface area contributed by atoms with Gasteiger partial charge in [0.05, 0.1) is 50.0 Å². The van der Waals surface area contributed by atoms with Gasteiger partial charge in [-0.15, -0.1) is 0 Å². The van der Waals surface area contributed by atoms with Crippen LogP contribution in [0.4, 0.5) is 27.1 Å². The van der Waals surface area contributed by atoms with Gasteiger partial charge in [-0.25, -0.2) is 4.39 Å². The average molecular weight is 1500 g/mol. The van der Waals surface area contributed by atoms with E-state index < -0.39 is 5.82 Å². The van der Waals surface area contributed by atoms with Crippen LogP contribution < -0.4 is 42.5 Å². The van der Waals surface area contributed by atoms with Crippen molar-refractivity contribution in [2.45, 2.75) is 65.2 Å². The molecule has 1 saturated heterocycles. The van der Waals surface area contributed by atoms with Crippen LogP contribution in [-0.2, 0) is 80.6 Å². The van der Waals surface area contributed by atoms with Crippen LogP contribution in [0.15, 0.2) is 291 Å². The highest BCUT2D eigenvalue weighted by Gasteiger charge is 2.24. The highest BCUT2D eigenvalue weighted by Crippen LogP contribution is 2.20. The van der Waals surface area contributed by atoms with Crippen LogP contribution in [0.5, 0.6) is 0 Å². The van der Waals surface area contributed by atoms with Gasteiger partial charge >= 0.3 is 0 Å². The molecule has 11 aromatic rings. The van der Waals surface area contributed by atoms with Gasteiger partial charge in [0.15, 0.2) is 0 Å². The van der Waals surface area contributed by atoms with E-state index >= 15 is 0 Å². The number of nitrogens with zero attached hydrogens (tertiary/aromatic N) is 1. The van der Waals surface area contributed by atoms with Crippen LogP contribution in [0.25, 0.3) is 0 Å². The number of hydrogen-bond donors (Lipinski definition) is 8. The van der Waals surface area contributed by atoms with Crippen LogP contribution in [-0.4, -0.2) is 84.4 Å². The Morgan fingerprint density at radius 2 is 0.655 bits per heavy atom. The fourth-order valence-electron chi connectivity index (χ4n) is 10.9. The zero-order valence-electron chi connectivity index (χ0n) is 60.7. The van der Waals surface area contributed by atoms with Gasteiger partial charge in [0.2, 0.25) is 29.5 Å². The summed E-state index contributed by atoms with van der Waals surface area (Å²) in [7, 11) is 0. The molecule has 560 valence electrons. The molecule has 0 aliphatic carbocycles.